The molecule has 1 aromatic heterocycles. The topological polar surface area (TPSA) is 60.9 Å². The van der Waals surface area contributed by atoms with E-state index < -0.39 is 0 Å². The van der Waals surface area contributed by atoms with Crippen LogP contribution in [0.1, 0.15) is 24.2 Å². The van der Waals surface area contributed by atoms with Crippen LogP contribution in [0.5, 0.6) is 5.75 Å². The smallest absolute Gasteiger partial charge is 0.115 e. The van der Waals surface area contributed by atoms with Crippen molar-refractivity contribution >= 4 is 0 Å². The third kappa shape index (κ3) is 2.61. The molecular formula is C12H15N3O. The Morgan fingerprint density at radius 3 is 2.69 bits per heavy atom. The number of aromatic nitrogens is 2. The number of aromatic hydroxyl groups is 1. The molecule has 2 rings (SSSR count). The molecule has 0 saturated heterocycles. The summed E-state index contributed by atoms with van der Waals surface area (Å²) in [6.45, 7) is 2.84. The summed E-state index contributed by atoms with van der Waals surface area (Å²) < 4.78 is 0. The van der Waals surface area contributed by atoms with Gasteiger partial charge in [0.2, 0.25) is 0 Å². The number of H-pyrrole nitrogens is 1. The molecule has 0 aliphatic carbocycles. The molecule has 0 amide bonds. The van der Waals surface area contributed by atoms with E-state index in [2.05, 4.69) is 22.4 Å². The van der Waals surface area contributed by atoms with Gasteiger partial charge < -0.3 is 10.4 Å². The average molecular weight is 217 g/mol. The molecule has 0 aliphatic rings. The zero-order valence-corrected chi connectivity index (χ0v) is 9.14. The van der Waals surface area contributed by atoms with Crippen molar-refractivity contribution in [3.8, 4) is 5.75 Å². The molecule has 0 aliphatic heterocycles. The van der Waals surface area contributed by atoms with Crippen LogP contribution in [0.4, 0.5) is 0 Å². The zero-order valence-electron chi connectivity index (χ0n) is 9.14. The fourth-order valence-corrected chi connectivity index (χ4v) is 1.53. The minimum atomic E-state index is 0.240. The summed E-state index contributed by atoms with van der Waals surface area (Å²) in [5, 5.41) is 19.3. The van der Waals surface area contributed by atoms with Gasteiger partial charge in [-0.3, -0.25) is 5.10 Å². The van der Waals surface area contributed by atoms with Crippen molar-refractivity contribution in [1.29, 1.82) is 0 Å². The van der Waals surface area contributed by atoms with E-state index in [0.29, 0.717) is 5.75 Å². The zero-order chi connectivity index (χ0) is 11.4. The Labute approximate surface area is 94.3 Å². The van der Waals surface area contributed by atoms with Crippen LogP contribution in [-0.2, 0) is 6.54 Å². The molecular weight excluding hydrogens is 202 g/mol. The molecule has 4 nitrogen and oxygen atoms in total. The molecule has 4 heteroatoms. The summed E-state index contributed by atoms with van der Waals surface area (Å²) in [5.74, 6) is 0.296. The summed E-state index contributed by atoms with van der Waals surface area (Å²) in [7, 11) is 0. The summed E-state index contributed by atoms with van der Waals surface area (Å²) in [6, 6.07) is 9.41. The molecule has 16 heavy (non-hydrogen) atoms. The van der Waals surface area contributed by atoms with Gasteiger partial charge in [-0.1, -0.05) is 12.1 Å². The van der Waals surface area contributed by atoms with E-state index in [4.69, 9.17) is 0 Å². The second-order valence-electron chi connectivity index (χ2n) is 3.78. The van der Waals surface area contributed by atoms with Crippen molar-refractivity contribution < 1.29 is 5.11 Å². The van der Waals surface area contributed by atoms with Crippen LogP contribution in [-0.4, -0.2) is 15.3 Å². The lowest BCUT2D eigenvalue weighted by atomic mass is 10.1. The van der Waals surface area contributed by atoms with E-state index in [0.717, 1.165) is 17.8 Å². The van der Waals surface area contributed by atoms with Crippen LogP contribution in [0.2, 0.25) is 0 Å². The number of nitrogens with one attached hydrogen (secondary N) is 2. The van der Waals surface area contributed by atoms with Gasteiger partial charge in [-0.25, -0.2) is 0 Å². The Hall–Kier alpha value is -1.81. The van der Waals surface area contributed by atoms with E-state index >= 15 is 0 Å². The highest BCUT2D eigenvalue weighted by Gasteiger charge is 2.04. The Morgan fingerprint density at radius 2 is 2.06 bits per heavy atom. The van der Waals surface area contributed by atoms with Crippen molar-refractivity contribution in [2.75, 3.05) is 0 Å². The van der Waals surface area contributed by atoms with Crippen molar-refractivity contribution in [2.24, 2.45) is 0 Å². The first-order chi connectivity index (χ1) is 7.75. The van der Waals surface area contributed by atoms with Crippen LogP contribution >= 0.6 is 0 Å². The van der Waals surface area contributed by atoms with Crippen molar-refractivity contribution in [3.63, 3.8) is 0 Å². The van der Waals surface area contributed by atoms with Gasteiger partial charge >= 0.3 is 0 Å². The van der Waals surface area contributed by atoms with Crippen LogP contribution < -0.4 is 5.32 Å². The summed E-state index contributed by atoms with van der Waals surface area (Å²) in [5.41, 5.74) is 2.21. The second-order valence-corrected chi connectivity index (χ2v) is 3.78. The van der Waals surface area contributed by atoms with Crippen LogP contribution in [0.15, 0.2) is 36.5 Å². The number of rotatable bonds is 4. The molecule has 0 fully saturated rings. The Bertz CT molecular complexity index is 422. The molecule has 0 radical (unpaired) electrons. The van der Waals surface area contributed by atoms with Gasteiger partial charge in [-0.15, -0.1) is 0 Å². The van der Waals surface area contributed by atoms with E-state index in [1.165, 1.54) is 0 Å². The van der Waals surface area contributed by atoms with Crippen molar-refractivity contribution in [1.82, 2.24) is 15.5 Å². The summed E-state index contributed by atoms with van der Waals surface area (Å²) in [4.78, 5) is 0. The lowest BCUT2D eigenvalue weighted by molar-refractivity contribution is 0.474. The maximum atomic E-state index is 9.18. The molecule has 84 valence electrons. The first kappa shape index (κ1) is 10.7. The monoisotopic (exact) mass is 217 g/mol. The predicted molar refractivity (Wildman–Crippen MR) is 61.9 cm³/mol. The van der Waals surface area contributed by atoms with E-state index in [1.807, 2.05) is 18.2 Å². The quantitative estimate of drug-likeness (QED) is 0.733. The van der Waals surface area contributed by atoms with Gasteiger partial charge in [0, 0.05) is 24.5 Å². The van der Waals surface area contributed by atoms with Gasteiger partial charge in [0.25, 0.3) is 0 Å². The van der Waals surface area contributed by atoms with Crippen molar-refractivity contribution in [2.45, 2.75) is 19.5 Å². The third-order valence-corrected chi connectivity index (χ3v) is 2.55. The number of hydrogen-bond acceptors (Lipinski definition) is 3. The molecule has 1 heterocycles. The lowest BCUT2D eigenvalue weighted by Crippen LogP contribution is -2.18. The molecule has 1 unspecified atom stereocenters. The average Bonchev–Trinajstić information content (AvgIpc) is 2.80. The van der Waals surface area contributed by atoms with Gasteiger partial charge in [-0.05, 0) is 30.7 Å². The first-order valence-electron chi connectivity index (χ1n) is 5.26. The van der Waals surface area contributed by atoms with Crippen LogP contribution in [0, 0.1) is 0 Å². The molecule has 1 atom stereocenters. The van der Waals surface area contributed by atoms with Gasteiger partial charge in [0.05, 0.1) is 0 Å². The SMILES string of the molecule is CC(NCc1ccn[nH]1)c1ccc(O)cc1. The van der Waals surface area contributed by atoms with Gasteiger partial charge in [-0.2, -0.15) is 5.10 Å². The summed E-state index contributed by atoms with van der Waals surface area (Å²) in [6.07, 6.45) is 1.74. The van der Waals surface area contributed by atoms with E-state index in [-0.39, 0.29) is 6.04 Å². The molecule has 3 N–H and O–H groups in total. The van der Waals surface area contributed by atoms with E-state index in [1.54, 1.807) is 18.3 Å². The number of aromatic amines is 1. The number of phenolic OH excluding ortho intramolecular Hbond substituents is 1. The van der Waals surface area contributed by atoms with Crippen LogP contribution in [0.3, 0.4) is 0 Å². The molecule has 0 bridgehead atoms. The lowest BCUT2D eigenvalue weighted by Gasteiger charge is -2.13. The highest BCUT2D eigenvalue weighted by atomic mass is 16.3. The summed E-state index contributed by atoms with van der Waals surface area (Å²) >= 11 is 0. The highest BCUT2D eigenvalue weighted by Crippen LogP contribution is 2.16. The Kier molecular flexibility index (Phi) is 3.22. The first-order valence-corrected chi connectivity index (χ1v) is 5.26. The number of phenols is 1. The van der Waals surface area contributed by atoms with Gasteiger partial charge in [0.15, 0.2) is 0 Å². The maximum Gasteiger partial charge on any atom is 0.115 e. The third-order valence-electron chi connectivity index (χ3n) is 2.55. The molecule has 2 aromatic rings. The second kappa shape index (κ2) is 4.81. The standard InChI is InChI=1S/C12H15N3O/c1-9(10-2-4-12(16)5-3-10)13-8-11-6-7-14-15-11/h2-7,9,13,16H,8H2,1H3,(H,14,15). The predicted octanol–water partition coefficient (Wildman–Crippen LogP) is 1.97. The maximum absolute atomic E-state index is 9.18. The molecule has 0 spiro atoms. The van der Waals surface area contributed by atoms with E-state index in [9.17, 15) is 5.11 Å². The van der Waals surface area contributed by atoms with Crippen molar-refractivity contribution in [3.05, 3.63) is 47.8 Å². The van der Waals surface area contributed by atoms with Gasteiger partial charge in [0.1, 0.15) is 5.75 Å². The Balaban J connectivity index is 1.93. The highest BCUT2D eigenvalue weighted by molar-refractivity contribution is 5.27. The largest absolute Gasteiger partial charge is 0.508 e. The minimum absolute atomic E-state index is 0.240. The fourth-order valence-electron chi connectivity index (χ4n) is 1.53. The van der Waals surface area contributed by atoms with Crippen LogP contribution in [0.25, 0.3) is 0 Å². The molecule has 1 aromatic carbocycles. The number of hydrogen-bond donors (Lipinski definition) is 3. The normalized spacial score (nSPS) is 12.6. The minimum Gasteiger partial charge on any atom is -0.508 e. The Morgan fingerprint density at radius 1 is 1.31 bits per heavy atom. The molecule has 0 saturated carbocycles. The number of nitrogens with zero attached hydrogens (tertiary/aromatic N) is 1. The fraction of sp³-hybridized carbons (Fsp3) is 0.250. The number of benzene rings is 1.